The van der Waals surface area contributed by atoms with Crippen molar-refractivity contribution in [3.8, 4) is 0 Å². The average Bonchev–Trinajstić information content (AvgIpc) is 2.99. The summed E-state index contributed by atoms with van der Waals surface area (Å²) in [6, 6.07) is 6.23. The molecule has 0 radical (unpaired) electrons. The van der Waals surface area contributed by atoms with E-state index in [0.717, 1.165) is 19.4 Å². The number of carbonyl (C=O) groups is 1. The first-order valence-electron chi connectivity index (χ1n) is 7.73. The summed E-state index contributed by atoms with van der Waals surface area (Å²) in [5.41, 5.74) is 0.502. The first kappa shape index (κ1) is 15.8. The van der Waals surface area contributed by atoms with Gasteiger partial charge < -0.3 is 15.5 Å². The molecule has 1 heterocycles. The lowest BCUT2D eigenvalue weighted by molar-refractivity contribution is 0.240. The number of hydrogen-bond acceptors (Lipinski definition) is 2. The molecule has 21 heavy (non-hydrogen) atoms. The van der Waals surface area contributed by atoms with E-state index in [1.54, 1.807) is 18.2 Å². The lowest BCUT2D eigenvalue weighted by atomic mass is 10.2. The van der Waals surface area contributed by atoms with E-state index < -0.39 is 0 Å². The number of nitrogens with zero attached hydrogens (tertiary/aromatic N) is 1. The van der Waals surface area contributed by atoms with E-state index in [1.165, 1.54) is 32.0 Å². The standard InChI is InChI=1S/C16H24FN3O/c17-15-8-2-1-7-14(15)13-19-16(21)18-9-3-4-10-20-11-5-6-12-20/h1-2,7-8H,3-6,9-13H2,(H2,18,19,21). The molecule has 0 aromatic heterocycles. The molecule has 2 N–H and O–H groups in total. The van der Waals surface area contributed by atoms with Crippen LogP contribution in [-0.2, 0) is 6.54 Å². The van der Waals surface area contributed by atoms with Crippen LogP contribution in [0.3, 0.4) is 0 Å². The third-order valence-electron chi connectivity index (χ3n) is 3.78. The summed E-state index contributed by atoms with van der Waals surface area (Å²) in [5, 5.41) is 5.48. The number of rotatable bonds is 7. The SMILES string of the molecule is O=C(NCCCCN1CCCC1)NCc1ccccc1F. The minimum absolute atomic E-state index is 0.215. The second kappa shape index (κ2) is 8.62. The number of amides is 2. The maximum atomic E-state index is 13.4. The molecule has 0 saturated carbocycles. The normalized spacial score (nSPS) is 15.1. The zero-order chi connectivity index (χ0) is 14.9. The molecule has 1 aromatic carbocycles. The van der Waals surface area contributed by atoms with Crippen molar-refractivity contribution >= 4 is 6.03 Å². The minimum atomic E-state index is -0.289. The molecular weight excluding hydrogens is 269 g/mol. The van der Waals surface area contributed by atoms with E-state index in [2.05, 4.69) is 15.5 Å². The van der Waals surface area contributed by atoms with Crippen LogP contribution in [-0.4, -0.2) is 37.1 Å². The Balaban J connectivity index is 1.52. The van der Waals surface area contributed by atoms with Gasteiger partial charge in [-0.2, -0.15) is 0 Å². The maximum absolute atomic E-state index is 13.4. The van der Waals surface area contributed by atoms with Crippen molar-refractivity contribution < 1.29 is 9.18 Å². The number of nitrogens with one attached hydrogen (secondary N) is 2. The van der Waals surface area contributed by atoms with Crippen molar-refractivity contribution in [2.45, 2.75) is 32.2 Å². The predicted octanol–water partition coefficient (Wildman–Crippen LogP) is 2.50. The van der Waals surface area contributed by atoms with Gasteiger partial charge >= 0.3 is 6.03 Å². The molecular formula is C16H24FN3O. The molecule has 1 aliphatic rings. The Bertz CT molecular complexity index is 447. The molecule has 0 aliphatic carbocycles. The van der Waals surface area contributed by atoms with Crippen LogP contribution in [0, 0.1) is 5.82 Å². The first-order valence-corrected chi connectivity index (χ1v) is 7.73. The molecule has 0 atom stereocenters. The highest BCUT2D eigenvalue weighted by Crippen LogP contribution is 2.08. The van der Waals surface area contributed by atoms with Gasteiger partial charge in [-0.15, -0.1) is 0 Å². The van der Waals surface area contributed by atoms with Gasteiger partial charge in [0.2, 0.25) is 0 Å². The van der Waals surface area contributed by atoms with Crippen molar-refractivity contribution in [3.05, 3.63) is 35.6 Å². The van der Waals surface area contributed by atoms with Gasteiger partial charge in [0.1, 0.15) is 5.82 Å². The number of likely N-dealkylation sites (tertiary alicyclic amines) is 1. The predicted molar refractivity (Wildman–Crippen MR) is 81.5 cm³/mol. The van der Waals surface area contributed by atoms with Crippen LogP contribution < -0.4 is 10.6 Å². The van der Waals surface area contributed by atoms with Crippen LogP contribution in [0.25, 0.3) is 0 Å². The van der Waals surface area contributed by atoms with Gasteiger partial charge in [0.05, 0.1) is 0 Å². The van der Waals surface area contributed by atoms with Crippen LogP contribution in [0.1, 0.15) is 31.2 Å². The minimum Gasteiger partial charge on any atom is -0.338 e. The fourth-order valence-corrected chi connectivity index (χ4v) is 2.55. The summed E-state index contributed by atoms with van der Waals surface area (Å²) in [6.45, 7) is 4.44. The number of unbranched alkanes of at least 4 members (excludes halogenated alkanes) is 1. The summed E-state index contributed by atoms with van der Waals surface area (Å²) in [7, 11) is 0. The topological polar surface area (TPSA) is 44.4 Å². The Morgan fingerprint density at radius 3 is 2.67 bits per heavy atom. The number of urea groups is 1. The van der Waals surface area contributed by atoms with E-state index in [0.29, 0.717) is 12.1 Å². The summed E-state index contributed by atoms with van der Waals surface area (Å²) < 4.78 is 13.4. The van der Waals surface area contributed by atoms with Crippen LogP contribution in [0.15, 0.2) is 24.3 Å². The molecule has 0 spiro atoms. The largest absolute Gasteiger partial charge is 0.338 e. The van der Waals surface area contributed by atoms with Gasteiger partial charge in [0, 0.05) is 18.7 Å². The molecule has 1 saturated heterocycles. The molecule has 116 valence electrons. The Morgan fingerprint density at radius 1 is 1.14 bits per heavy atom. The van der Waals surface area contributed by atoms with E-state index in [9.17, 15) is 9.18 Å². The smallest absolute Gasteiger partial charge is 0.315 e. The van der Waals surface area contributed by atoms with Gasteiger partial charge in [-0.3, -0.25) is 0 Å². The highest BCUT2D eigenvalue weighted by atomic mass is 19.1. The first-order chi connectivity index (χ1) is 10.3. The second-order valence-electron chi connectivity index (χ2n) is 5.46. The summed E-state index contributed by atoms with van der Waals surface area (Å²) in [5.74, 6) is -0.289. The summed E-state index contributed by atoms with van der Waals surface area (Å²) in [4.78, 5) is 14.1. The van der Waals surface area contributed by atoms with E-state index >= 15 is 0 Å². The van der Waals surface area contributed by atoms with E-state index in [-0.39, 0.29) is 18.4 Å². The Kier molecular flexibility index (Phi) is 6.47. The summed E-state index contributed by atoms with van der Waals surface area (Å²) >= 11 is 0. The van der Waals surface area contributed by atoms with Gasteiger partial charge in [-0.25, -0.2) is 9.18 Å². The van der Waals surface area contributed by atoms with Crippen LogP contribution in [0.4, 0.5) is 9.18 Å². The lowest BCUT2D eigenvalue weighted by Crippen LogP contribution is -2.36. The van der Waals surface area contributed by atoms with Crippen molar-refractivity contribution in [2.75, 3.05) is 26.2 Å². The van der Waals surface area contributed by atoms with Crippen LogP contribution in [0.5, 0.6) is 0 Å². The second-order valence-corrected chi connectivity index (χ2v) is 5.46. The number of hydrogen-bond donors (Lipinski definition) is 2. The molecule has 5 heteroatoms. The average molecular weight is 293 g/mol. The quantitative estimate of drug-likeness (QED) is 0.759. The fraction of sp³-hybridized carbons (Fsp3) is 0.562. The number of halogens is 1. The lowest BCUT2D eigenvalue weighted by Gasteiger charge is -2.14. The number of carbonyl (C=O) groups excluding carboxylic acids is 1. The zero-order valence-electron chi connectivity index (χ0n) is 12.4. The third-order valence-corrected chi connectivity index (χ3v) is 3.78. The van der Waals surface area contributed by atoms with E-state index in [1.807, 2.05) is 0 Å². The van der Waals surface area contributed by atoms with Crippen LogP contribution >= 0.6 is 0 Å². The molecule has 0 bridgehead atoms. The maximum Gasteiger partial charge on any atom is 0.315 e. The van der Waals surface area contributed by atoms with Gasteiger partial charge in [0.25, 0.3) is 0 Å². The molecule has 2 amide bonds. The number of benzene rings is 1. The molecule has 1 fully saturated rings. The van der Waals surface area contributed by atoms with Crippen LogP contribution in [0.2, 0.25) is 0 Å². The Morgan fingerprint density at radius 2 is 1.90 bits per heavy atom. The molecule has 4 nitrogen and oxygen atoms in total. The fourth-order valence-electron chi connectivity index (χ4n) is 2.55. The van der Waals surface area contributed by atoms with Crippen molar-refractivity contribution in [2.24, 2.45) is 0 Å². The Hall–Kier alpha value is -1.62. The monoisotopic (exact) mass is 293 g/mol. The summed E-state index contributed by atoms with van der Waals surface area (Å²) in [6.07, 6.45) is 4.71. The van der Waals surface area contributed by atoms with Crippen molar-refractivity contribution in [1.82, 2.24) is 15.5 Å². The molecule has 1 aliphatic heterocycles. The molecule has 2 rings (SSSR count). The third kappa shape index (κ3) is 5.71. The zero-order valence-corrected chi connectivity index (χ0v) is 12.4. The highest BCUT2D eigenvalue weighted by molar-refractivity contribution is 5.73. The molecule has 0 unspecified atom stereocenters. The van der Waals surface area contributed by atoms with Gasteiger partial charge in [-0.05, 0) is 51.4 Å². The van der Waals surface area contributed by atoms with Crippen molar-refractivity contribution in [1.29, 1.82) is 0 Å². The van der Waals surface area contributed by atoms with Gasteiger partial charge in [-0.1, -0.05) is 18.2 Å². The molecule has 1 aromatic rings. The van der Waals surface area contributed by atoms with E-state index in [4.69, 9.17) is 0 Å². The highest BCUT2D eigenvalue weighted by Gasteiger charge is 2.10. The Labute approximate surface area is 125 Å². The van der Waals surface area contributed by atoms with Crippen molar-refractivity contribution in [3.63, 3.8) is 0 Å². The van der Waals surface area contributed by atoms with Gasteiger partial charge in [0.15, 0.2) is 0 Å².